The van der Waals surface area contributed by atoms with Crippen molar-refractivity contribution in [2.24, 2.45) is 0 Å². The topological polar surface area (TPSA) is 78.9 Å². The number of nitrogens with zero attached hydrogens (tertiary/aromatic N) is 5. The molecule has 0 radical (unpaired) electrons. The Kier molecular flexibility index (Phi) is 5.72. The number of halogens is 3. The summed E-state index contributed by atoms with van der Waals surface area (Å²) in [6.07, 6.45) is -4.62. The Morgan fingerprint density at radius 1 is 0.971 bits per heavy atom. The second-order valence-corrected chi connectivity index (χ2v) is 8.24. The molecule has 0 saturated heterocycles. The standard InChI is InChI=1S/C25H20F3N5O2/c1-15(2)33-21-10-8-18(13-20(21)30-32-33)24-29-23(31-35-24)17-9-11-22(19(12-17)25(26,27)28)34-14-16-6-4-3-5-7-16/h3-13,15H,14H2,1-2H3. The third-order valence-electron chi connectivity index (χ3n) is 5.41. The predicted molar refractivity (Wildman–Crippen MR) is 122 cm³/mol. The lowest BCUT2D eigenvalue weighted by Gasteiger charge is -2.15. The van der Waals surface area contributed by atoms with Gasteiger partial charge in [0.15, 0.2) is 0 Å². The highest BCUT2D eigenvalue weighted by atomic mass is 19.4. The fourth-order valence-electron chi connectivity index (χ4n) is 3.67. The zero-order chi connectivity index (χ0) is 24.6. The number of ether oxygens (including phenoxy) is 1. The first-order chi connectivity index (χ1) is 16.8. The second-order valence-electron chi connectivity index (χ2n) is 8.24. The number of fused-ring (bicyclic) bond motifs is 1. The Hall–Kier alpha value is -4.21. The van der Waals surface area contributed by atoms with Gasteiger partial charge in [0.25, 0.3) is 5.89 Å². The van der Waals surface area contributed by atoms with Crippen LogP contribution in [-0.2, 0) is 12.8 Å². The van der Waals surface area contributed by atoms with Gasteiger partial charge in [-0.25, -0.2) is 4.68 Å². The van der Waals surface area contributed by atoms with Crippen LogP contribution in [0.15, 0.2) is 71.3 Å². The van der Waals surface area contributed by atoms with Crippen LogP contribution in [0.25, 0.3) is 33.9 Å². The summed E-state index contributed by atoms with van der Waals surface area (Å²) in [4.78, 5) is 4.30. The van der Waals surface area contributed by atoms with Gasteiger partial charge in [0.05, 0.1) is 11.1 Å². The average molecular weight is 479 g/mol. The minimum Gasteiger partial charge on any atom is -0.488 e. The smallest absolute Gasteiger partial charge is 0.419 e. The van der Waals surface area contributed by atoms with Gasteiger partial charge in [0.2, 0.25) is 5.82 Å². The number of alkyl halides is 3. The number of aromatic nitrogens is 5. The molecule has 5 rings (SSSR count). The van der Waals surface area contributed by atoms with Gasteiger partial charge in [-0.05, 0) is 55.8 Å². The molecule has 5 aromatic rings. The molecule has 0 amide bonds. The van der Waals surface area contributed by atoms with E-state index < -0.39 is 11.7 Å². The maximum atomic E-state index is 13.8. The lowest BCUT2D eigenvalue weighted by atomic mass is 10.1. The quantitative estimate of drug-likeness (QED) is 0.283. The molecule has 0 fully saturated rings. The lowest BCUT2D eigenvalue weighted by Crippen LogP contribution is -2.09. The first-order valence-electron chi connectivity index (χ1n) is 10.9. The molecule has 0 spiro atoms. The van der Waals surface area contributed by atoms with E-state index in [1.54, 1.807) is 41.1 Å². The van der Waals surface area contributed by atoms with Crippen molar-refractivity contribution >= 4 is 11.0 Å². The minimum absolute atomic E-state index is 0.0134. The molecule has 0 unspecified atom stereocenters. The van der Waals surface area contributed by atoms with Crippen LogP contribution in [0.2, 0.25) is 0 Å². The highest BCUT2D eigenvalue weighted by molar-refractivity contribution is 5.80. The summed E-state index contributed by atoms with van der Waals surface area (Å²) in [6, 6.07) is 18.2. The maximum Gasteiger partial charge on any atom is 0.419 e. The Bertz CT molecular complexity index is 1480. The summed E-state index contributed by atoms with van der Waals surface area (Å²) >= 11 is 0. The van der Waals surface area contributed by atoms with Crippen molar-refractivity contribution in [1.82, 2.24) is 25.1 Å². The largest absolute Gasteiger partial charge is 0.488 e. The van der Waals surface area contributed by atoms with Crippen molar-refractivity contribution in [3.8, 4) is 28.6 Å². The van der Waals surface area contributed by atoms with E-state index in [0.29, 0.717) is 11.1 Å². The van der Waals surface area contributed by atoms with Crippen LogP contribution in [0, 0.1) is 0 Å². The minimum atomic E-state index is -4.62. The van der Waals surface area contributed by atoms with E-state index in [9.17, 15) is 13.2 Å². The van der Waals surface area contributed by atoms with Crippen molar-refractivity contribution in [3.63, 3.8) is 0 Å². The SMILES string of the molecule is CC(C)n1nnc2cc(-c3nc(-c4ccc(OCc5ccccc5)c(C(F)(F)F)c4)no3)ccc21. The summed E-state index contributed by atoms with van der Waals surface area (Å²) in [5.74, 6) is -0.0717. The van der Waals surface area contributed by atoms with Crippen molar-refractivity contribution in [1.29, 1.82) is 0 Å². The van der Waals surface area contributed by atoms with E-state index in [1.807, 2.05) is 26.0 Å². The molecule has 0 aliphatic heterocycles. The monoisotopic (exact) mass is 479 g/mol. The first-order valence-corrected chi connectivity index (χ1v) is 10.9. The molecule has 0 bridgehead atoms. The summed E-state index contributed by atoms with van der Waals surface area (Å²) in [6.45, 7) is 4.01. The fraction of sp³-hybridized carbons (Fsp3) is 0.200. The molecule has 3 aromatic carbocycles. The molecule has 178 valence electrons. The molecular weight excluding hydrogens is 459 g/mol. The highest BCUT2D eigenvalue weighted by Gasteiger charge is 2.35. The molecule has 7 nitrogen and oxygen atoms in total. The Morgan fingerprint density at radius 2 is 1.74 bits per heavy atom. The van der Waals surface area contributed by atoms with Crippen LogP contribution in [0.5, 0.6) is 5.75 Å². The summed E-state index contributed by atoms with van der Waals surface area (Å²) in [5, 5.41) is 12.2. The fourth-order valence-corrected chi connectivity index (χ4v) is 3.67. The van der Waals surface area contributed by atoms with Crippen LogP contribution in [0.4, 0.5) is 13.2 Å². The Labute approximate surface area is 198 Å². The van der Waals surface area contributed by atoms with Gasteiger partial charge in [-0.15, -0.1) is 5.10 Å². The highest BCUT2D eigenvalue weighted by Crippen LogP contribution is 2.39. The van der Waals surface area contributed by atoms with Gasteiger partial charge in [-0.1, -0.05) is 40.7 Å². The third-order valence-corrected chi connectivity index (χ3v) is 5.41. The lowest BCUT2D eigenvalue weighted by molar-refractivity contribution is -0.139. The van der Waals surface area contributed by atoms with E-state index in [2.05, 4.69) is 20.5 Å². The normalized spacial score (nSPS) is 11.9. The Balaban J connectivity index is 1.43. The van der Waals surface area contributed by atoms with Crippen molar-refractivity contribution in [3.05, 3.63) is 77.9 Å². The molecule has 0 N–H and O–H groups in total. The summed E-state index contributed by atoms with van der Waals surface area (Å²) in [5.41, 5.74) is 2.10. The molecular formula is C25H20F3N5O2. The molecule has 35 heavy (non-hydrogen) atoms. The van der Waals surface area contributed by atoms with Crippen molar-refractivity contribution in [2.45, 2.75) is 32.7 Å². The van der Waals surface area contributed by atoms with E-state index in [1.165, 1.54) is 12.1 Å². The van der Waals surface area contributed by atoms with Gasteiger partial charge < -0.3 is 9.26 Å². The Morgan fingerprint density at radius 3 is 2.49 bits per heavy atom. The van der Waals surface area contributed by atoms with Crippen LogP contribution in [0.1, 0.15) is 31.0 Å². The zero-order valence-electron chi connectivity index (χ0n) is 18.8. The van der Waals surface area contributed by atoms with Gasteiger partial charge in [-0.2, -0.15) is 18.2 Å². The predicted octanol–water partition coefficient (Wildman–Crippen LogP) is 6.33. The number of hydrogen-bond acceptors (Lipinski definition) is 6. The van der Waals surface area contributed by atoms with Gasteiger partial charge in [-0.3, -0.25) is 0 Å². The number of benzene rings is 3. The molecule has 10 heteroatoms. The van der Waals surface area contributed by atoms with Crippen LogP contribution in [-0.4, -0.2) is 25.1 Å². The van der Waals surface area contributed by atoms with Crippen LogP contribution >= 0.6 is 0 Å². The van der Waals surface area contributed by atoms with Gasteiger partial charge in [0.1, 0.15) is 17.9 Å². The summed E-state index contributed by atoms with van der Waals surface area (Å²) < 4.78 is 54.0. The number of hydrogen-bond donors (Lipinski definition) is 0. The summed E-state index contributed by atoms with van der Waals surface area (Å²) in [7, 11) is 0. The average Bonchev–Trinajstić information content (AvgIpc) is 3.50. The van der Waals surface area contributed by atoms with E-state index in [0.717, 1.165) is 17.1 Å². The molecule has 0 aliphatic carbocycles. The van der Waals surface area contributed by atoms with Crippen molar-refractivity contribution < 1.29 is 22.4 Å². The molecule has 0 aliphatic rings. The van der Waals surface area contributed by atoms with Gasteiger partial charge >= 0.3 is 6.18 Å². The zero-order valence-corrected chi connectivity index (χ0v) is 18.8. The van der Waals surface area contributed by atoms with E-state index >= 15 is 0 Å². The molecule has 0 saturated carbocycles. The molecule has 2 heterocycles. The molecule has 0 atom stereocenters. The van der Waals surface area contributed by atoms with Crippen LogP contribution in [0.3, 0.4) is 0 Å². The van der Waals surface area contributed by atoms with Gasteiger partial charge in [0, 0.05) is 17.2 Å². The van der Waals surface area contributed by atoms with Crippen molar-refractivity contribution in [2.75, 3.05) is 0 Å². The van der Waals surface area contributed by atoms with E-state index in [-0.39, 0.29) is 35.7 Å². The molecule has 2 aromatic heterocycles. The third kappa shape index (κ3) is 4.59. The maximum absolute atomic E-state index is 13.8. The second kappa shape index (κ2) is 8.86. The number of rotatable bonds is 6. The van der Waals surface area contributed by atoms with E-state index in [4.69, 9.17) is 9.26 Å². The van der Waals surface area contributed by atoms with Crippen LogP contribution < -0.4 is 4.74 Å². The first kappa shape index (κ1) is 22.6.